The topological polar surface area (TPSA) is 114 Å². The maximum atomic E-state index is 10.1. The van der Waals surface area contributed by atoms with Crippen LogP contribution >= 0.6 is 23.2 Å². The number of piperidine rings is 1. The Morgan fingerprint density at radius 3 is 2.56 bits per heavy atom. The molecule has 0 amide bonds. The number of nitrogens with zero attached hydrogens (tertiary/aromatic N) is 4. The number of aromatic nitrogens is 3. The van der Waals surface area contributed by atoms with Crippen LogP contribution in [-0.2, 0) is 13.0 Å². The van der Waals surface area contributed by atoms with E-state index in [0.29, 0.717) is 28.5 Å². The SMILES string of the molecule is Cc1ccc2c(c1)[C@@H](N)C1(CCN(c3nc(C)c(-c4cc(N)nc(Cl)c4Cl)nc3CO)CC1)C2. The van der Waals surface area contributed by atoms with E-state index in [9.17, 15) is 5.11 Å². The van der Waals surface area contributed by atoms with Crippen molar-refractivity contribution in [3.05, 3.63) is 62.5 Å². The van der Waals surface area contributed by atoms with Crippen LogP contribution in [0.25, 0.3) is 11.3 Å². The number of hydrogen-bond acceptors (Lipinski definition) is 7. The quantitative estimate of drug-likeness (QED) is 0.459. The molecule has 1 aliphatic heterocycles. The summed E-state index contributed by atoms with van der Waals surface area (Å²) in [5.74, 6) is 0.938. The second kappa shape index (κ2) is 8.64. The van der Waals surface area contributed by atoms with Crippen molar-refractivity contribution in [3.8, 4) is 11.3 Å². The number of anilines is 2. The average Bonchev–Trinajstić information content (AvgIpc) is 3.07. The highest BCUT2D eigenvalue weighted by Gasteiger charge is 2.46. The van der Waals surface area contributed by atoms with Crippen LogP contribution in [0.2, 0.25) is 10.2 Å². The molecule has 0 bridgehead atoms. The van der Waals surface area contributed by atoms with Crippen LogP contribution in [0.15, 0.2) is 24.3 Å². The third-order valence-electron chi connectivity index (χ3n) is 7.36. The number of fused-ring (bicyclic) bond motifs is 1. The van der Waals surface area contributed by atoms with Gasteiger partial charge in [-0.15, -0.1) is 0 Å². The van der Waals surface area contributed by atoms with Crippen molar-refractivity contribution in [2.24, 2.45) is 11.1 Å². The average molecular weight is 499 g/mol. The first-order valence-electron chi connectivity index (χ1n) is 11.4. The molecule has 2 aromatic heterocycles. The fraction of sp³-hybridized carbons (Fsp3) is 0.400. The molecule has 1 saturated heterocycles. The third kappa shape index (κ3) is 3.81. The van der Waals surface area contributed by atoms with Gasteiger partial charge in [0.05, 0.1) is 23.0 Å². The molecule has 0 radical (unpaired) electrons. The van der Waals surface area contributed by atoms with E-state index >= 15 is 0 Å². The van der Waals surface area contributed by atoms with E-state index in [-0.39, 0.29) is 34.1 Å². The van der Waals surface area contributed by atoms with Crippen molar-refractivity contribution in [1.82, 2.24) is 15.0 Å². The number of benzene rings is 1. The number of pyridine rings is 1. The normalized spacial score (nSPS) is 19.0. The number of aliphatic hydroxyl groups is 1. The summed E-state index contributed by atoms with van der Waals surface area (Å²) in [6, 6.07) is 8.30. The molecule has 1 aliphatic carbocycles. The minimum atomic E-state index is -0.243. The standard InChI is InChI=1S/C25H28Cl2N6O/c1-13-3-4-15-11-25(22(29)16(15)9-13)5-7-33(8-6-25)24-18(12-34)31-21(14(2)30-24)17-10-19(28)32-23(27)20(17)26/h3-4,9-10,22,34H,5-8,11-12,29H2,1-2H3,(H2,28,32)/t22-/m1/s1. The molecule has 7 nitrogen and oxygen atoms in total. The van der Waals surface area contributed by atoms with E-state index in [2.05, 4.69) is 35.0 Å². The third-order valence-corrected chi connectivity index (χ3v) is 8.11. The van der Waals surface area contributed by atoms with Crippen LogP contribution in [0.5, 0.6) is 0 Å². The van der Waals surface area contributed by atoms with Crippen LogP contribution in [0, 0.1) is 19.3 Å². The molecule has 3 heterocycles. The zero-order valence-electron chi connectivity index (χ0n) is 19.3. The van der Waals surface area contributed by atoms with E-state index in [1.807, 2.05) is 6.92 Å². The summed E-state index contributed by atoms with van der Waals surface area (Å²) >= 11 is 12.5. The second-order valence-corrected chi connectivity index (χ2v) is 10.2. The zero-order chi connectivity index (χ0) is 24.2. The summed E-state index contributed by atoms with van der Waals surface area (Å²) in [6.45, 7) is 5.34. The Balaban J connectivity index is 1.42. The monoisotopic (exact) mass is 498 g/mol. The largest absolute Gasteiger partial charge is 0.390 e. The van der Waals surface area contributed by atoms with Gasteiger partial charge >= 0.3 is 0 Å². The highest BCUT2D eigenvalue weighted by molar-refractivity contribution is 6.43. The summed E-state index contributed by atoms with van der Waals surface area (Å²) < 4.78 is 0. The molecular weight excluding hydrogens is 471 g/mol. The molecule has 0 unspecified atom stereocenters. The molecule has 9 heteroatoms. The van der Waals surface area contributed by atoms with Gasteiger partial charge in [0.25, 0.3) is 0 Å². The minimum absolute atomic E-state index is 0.0427. The maximum Gasteiger partial charge on any atom is 0.153 e. The Hall–Kier alpha value is -2.45. The number of hydrogen-bond donors (Lipinski definition) is 3. The number of halogens is 2. The number of rotatable bonds is 3. The fourth-order valence-electron chi connectivity index (χ4n) is 5.48. The summed E-state index contributed by atoms with van der Waals surface area (Å²) in [5.41, 5.74) is 18.9. The zero-order valence-corrected chi connectivity index (χ0v) is 20.8. The molecule has 1 spiro atoms. The first kappa shape index (κ1) is 23.3. The predicted molar refractivity (Wildman–Crippen MR) is 136 cm³/mol. The number of aliphatic hydroxyl groups excluding tert-OH is 1. The number of nitrogens with two attached hydrogens (primary N) is 2. The van der Waals surface area contributed by atoms with E-state index < -0.39 is 0 Å². The lowest BCUT2D eigenvalue weighted by atomic mass is 9.73. The van der Waals surface area contributed by atoms with Crippen molar-refractivity contribution in [2.75, 3.05) is 23.7 Å². The van der Waals surface area contributed by atoms with Gasteiger partial charge < -0.3 is 21.5 Å². The summed E-state index contributed by atoms with van der Waals surface area (Å²) in [4.78, 5) is 15.7. The summed E-state index contributed by atoms with van der Waals surface area (Å²) in [7, 11) is 0. The molecular formula is C25H28Cl2N6O. The first-order chi connectivity index (χ1) is 16.2. The second-order valence-electron chi connectivity index (χ2n) is 9.49. The van der Waals surface area contributed by atoms with Crippen molar-refractivity contribution in [3.63, 3.8) is 0 Å². The fourth-order valence-corrected chi connectivity index (χ4v) is 5.87. The van der Waals surface area contributed by atoms with Gasteiger partial charge in [0.1, 0.15) is 11.5 Å². The highest BCUT2D eigenvalue weighted by atomic mass is 35.5. The maximum absolute atomic E-state index is 10.1. The smallest absolute Gasteiger partial charge is 0.153 e. The van der Waals surface area contributed by atoms with Crippen LogP contribution in [-0.4, -0.2) is 33.1 Å². The minimum Gasteiger partial charge on any atom is -0.390 e. The lowest BCUT2D eigenvalue weighted by Gasteiger charge is -2.43. The van der Waals surface area contributed by atoms with Gasteiger partial charge in [0, 0.05) is 24.7 Å². The van der Waals surface area contributed by atoms with Gasteiger partial charge in [0.2, 0.25) is 0 Å². The van der Waals surface area contributed by atoms with E-state index in [4.69, 9.17) is 44.6 Å². The molecule has 1 atom stereocenters. The number of aryl methyl sites for hydroxylation is 2. The van der Waals surface area contributed by atoms with Crippen molar-refractivity contribution in [2.45, 2.75) is 45.8 Å². The Morgan fingerprint density at radius 1 is 1.12 bits per heavy atom. The van der Waals surface area contributed by atoms with Crippen LogP contribution < -0.4 is 16.4 Å². The van der Waals surface area contributed by atoms with E-state index in [0.717, 1.165) is 32.4 Å². The van der Waals surface area contributed by atoms with Gasteiger partial charge in [-0.25, -0.2) is 15.0 Å². The first-order valence-corrected chi connectivity index (χ1v) is 12.2. The van der Waals surface area contributed by atoms with E-state index in [1.165, 1.54) is 16.7 Å². The summed E-state index contributed by atoms with van der Waals surface area (Å²) in [5, 5.41) is 10.5. The molecule has 178 valence electrons. The van der Waals surface area contributed by atoms with Gasteiger partial charge in [-0.05, 0) is 55.7 Å². The Labute approximate surface area is 209 Å². The predicted octanol–water partition coefficient (Wildman–Crippen LogP) is 4.38. The molecule has 34 heavy (non-hydrogen) atoms. The van der Waals surface area contributed by atoms with E-state index in [1.54, 1.807) is 6.07 Å². The Bertz CT molecular complexity index is 1270. The van der Waals surface area contributed by atoms with Crippen LogP contribution in [0.4, 0.5) is 11.6 Å². The molecule has 3 aromatic rings. The van der Waals surface area contributed by atoms with Gasteiger partial charge in [-0.3, -0.25) is 0 Å². The molecule has 5 N–H and O–H groups in total. The Morgan fingerprint density at radius 2 is 1.85 bits per heavy atom. The van der Waals surface area contributed by atoms with Crippen molar-refractivity contribution < 1.29 is 5.11 Å². The lowest BCUT2D eigenvalue weighted by molar-refractivity contribution is 0.186. The van der Waals surface area contributed by atoms with Gasteiger partial charge in [-0.1, -0.05) is 47.0 Å². The van der Waals surface area contributed by atoms with Crippen LogP contribution in [0.1, 0.15) is 47.0 Å². The molecule has 5 rings (SSSR count). The van der Waals surface area contributed by atoms with Crippen molar-refractivity contribution in [1.29, 1.82) is 0 Å². The van der Waals surface area contributed by atoms with Gasteiger partial charge in [-0.2, -0.15) is 0 Å². The summed E-state index contributed by atoms with van der Waals surface area (Å²) in [6.07, 6.45) is 2.92. The lowest BCUT2D eigenvalue weighted by Crippen LogP contribution is -2.45. The van der Waals surface area contributed by atoms with Crippen molar-refractivity contribution >= 4 is 34.8 Å². The van der Waals surface area contributed by atoms with Gasteiger partial charge in [0.15, 0.2) is 11.0 Å². The Kier molecular flexibility index (Phi) is 5.92. The highest BCUT2D eigenvalue weighted by Crippen LogP contribution is 2.51. The number of nitrogen functional groups attached to an aromatic ring is 1. The molecule has 1 aromatic carbocycles. The molecule has 0 saturated carbocycles. The molecule has 1 fully saturated rings. The molecule has 2 aliphatic rings. The van der Waals surface area contributed by atoms with Crippen LogP contribution in [0.3, 0.4) is 0 Å².